The number of allylic oxidation sites excluding steroid dienone is 1. The van der Waals surface area contributed by atoms with E-state index in [4.69, 9.17) is 18.9 Å². The predicted molar refractivity (Wildman–Crippen MR) is 78.6 cm³/mol. The zero-order chi connectivity index (χ0) is 15.3. The first-order chi connectivity index (χ1) is 9.64. The van der Waals surface area contributed by atoms with Crippen molar-refractivity contribution in [2.24, 2.45) is 0 Å². The molecule has 0 saturated carbocycles. The number of carbonyl (C=O) groups is 1. The maximum atomic E-state index is 11.3. The summed E-state index contributed by atoms with van der Waals surface area (Å²) in [5.41, 5.74) is -0.990. The van der Waals surface area contributed by atoms with Gasteiger partial charge in [0, 0.05) is 25.9 Å². The number of hydrogen-bond acceptors (Lipinski definition) is 5. The van der Waals surface area contributed by atoms with Gasteiger partial charge in [-0.25, -0.2) is 4.79 Å². The Kier molecular flexibility index (Phi) is 11.7. The highest BCUT2D eigenvalue weighted by molar-refractivity contribution is 6.39. The zero-order valence-corrected chi connectivity index (χ0v) is 13.9. The molecule has 5 nitrogen and oxygen atoms in total. The highest BCUT2D eigenvalue weighted by atomic mass is 28.2. The molecule has 0 fully saturated rings. The molecule has 20 heavy (non-hydrogen) atoms. The van der Waals surface area contributed by atoms with Gasteiger partial charge in [-0.05, 0) is 33.2 Å². The summed E-state index contributed by atoms with van der Waals surface area (Å²) in [6.45, 7) is 9.63. The monoisotopic (exact) mass is 302 g/mol. The van der Waals surface area contributed by atoms with Gasteiger partial charge in [-0.3, -0.25) is 0 Å². The largest absolute Gasteiger partial charge is 0.463 e. The molecular weight excluding hydrogens is 276 g/mol. The molecule has 0 spiro atoms. The lowest BCUT2D eigenvalue weighted by Gasteiger charge is -2.32. The van der Waals surface area contributed by atoms with Gasteiger partial charge in [-0.15, -0.1) is 0 Å². The number of ether oxygens (including phenoxy) is 4. The zero-order valence-electron chi connectivity index (χ0n) is 12.9. The van der Waals surface area contributed by atoms with E-state index in [-0.39, 0.29) is 15.5 Å². The van der Waals surface area contributed by atoms with Crippen molar-refractivity contribution < 1.29 is 23.7 Å². The average Bonchev–Trinajstić information content (AvgIpc) is 2.42. The molecule has 2 radical (unpaired) electrons. The molecule has 0 heterocycles. The first kappa shape index (κ1) is 19.3. The van der Waals surface area contributed by atoms with E-state index >= 15 is 0 Å². The summed E-state index contributed by atoms with van der Waals surface area (Å²) in [5, 5.41) is 0. The summed E-state index contributed by atoms with van der Waals surface area (Å²) >= 11 is 0. The Morgan fingerprint density at radius 1 is 1.05 bits per heavy atom. The van der Waals surface area contributed by atoms with Crippen molar-refractivity contribution >= 4 is 15.5 Å². The fourth-order valence-corrected chi connectivity index (χ4v) is 2.66. The SMILES string of the molecule is CCCOC(=O)C=CC[Si]C(OCC)(OCC)OCC. The minimum absolute atomic E-state index is 0.255. The molecule has 0 aliphatic heterocycles. The molecule has 0 saturated heterocycles. The van der Waals surface area contributed by atoms with Crippen LogP contribution in [0.4, 0.5) is 0 Å². The van der Waals surface area contributed by atoms with Crippen LogP contribution in [0.15, 0.2) is 12.2 Å². The highest BCUT2D eigenvalue weighted by Gasteiger charge is 2.31. The van der Waals surface area contributed by atoms with E-state index in [0.717, 1.165) is 6.42 Å². The lowest BCUT2D eigenvalue weighted by atomic mass is 10.5. The van der Waals surface area contributed by atoms with Crippen LogP contribution in [0.2, 0.25) is 6.04 Å². The number of carbonyl (C=O) groups excluding carboxylic acids is 1. The molecule has 0 rings (SSSR count). The Balaban J connectivity index is 4.30. The van der Waals surface area contributed by atoms with Gasteiger partial charge in [0.05, 0.1) is 6.61 Å². The first-order valence-electron chi connectivity index (χ1n) is 7.14. The average molecular weight is 302 g/mol. The van der Waals surface area contributed by atoms with Crippen molar-refractivity contribution in [1.29, 1.82) is 0 Å². The van der Waals surface area contributed by atoms with Gasteiger partial charge < -0.3 is 18.9 Å². The summed E-state index contributed by atoms with van der Waals surface area (Å²) < 4.78 is 21.8. The molecule has 6 heteroatoms. The van der Waals surface area contributed by atoms with Crippen LogP contribution < -0.4 is 0 Å². The molecule has 0 atom stereocenters. The van der Waals surface area contributed by atoms with Crippen LogP contribution in [-0.4, -0.2) is 47.5 Å². The van der Waals surface area contributed by atoms with E-state index in [1.54, 1.807) is 6.08 Å². The molecule has 0 unspecified atom stereocenters. The first-order valence-corrected chi connectivity index (χ1v) is 8.34. The summed E-state index contributed by atoms with van der Waals surface area (Å²) in [6, 6.07) is 0.640. The van der Waals surface area contributed by atoms with Gasteiger partial charge in [0.2, 0.25) is 0 Å². The molecular formula is C14H26O5Si. The fraction of sp³-hybridized carbons (Fsp3) is 0.786. The highest BCUT2D eigenvalue weighted by Crippen LogP contribution is 2.16. The number of esters is 1. The van der Waals surface area contributed by atoms with E-state index in [1.807, 2.05) is 27.7 Å². The maximum Gasteiger partial charge on any atom is 0.330 e. The lowest BCUT2D eigenvalue weighted by molar-refractivity contribution is -0.323. The standard InChI is InChI=1S/C14H26O5Si/c1-5-11-16-13(15)10-9-12-20-14(17-6-2,18-7-3)19-8-4/h9-10H,5-8,11-12H2,1-4H3. The van der Waals surface area contributed by atoms with Gasteiger partial charge in [0.1, 0.15) is 0 Å². The van der Waals surface area contributed by atoms with E-state index in [1.165, 1.54) is 6.08 Å². The summed E-state index contributed by atoms with van der Waals surface area (Å²) in [6.07, 6.45) is 4.03. The smallest absolute Gasteiger partial charge is 0.330 e. The molecule has 0 amide bonds. The number of rotatable bonds is 12. The Morgan fingerprint density at radius 3 is 2.05 bits per heavy atom. The molecule has 116 valence electrons. The molecule has 0 aromatic rings. The van der Waals surface area contributed by atoms with Crippen LogP contribution in [0.3, 0.4) is 0 Å². The lowest BCUT2D eigenvalue weighted by Crippen LogP contribution is -2.45. The van der Waals surface area contributed by atoms with Crippen molar-refractivity contribution in [3.05, 3.63) is 12.2 Å². The third-order valence-electron chi connectivity index (χ3n) is 2.14. The van der Waals surface area contributed by atoms with Crippen LogP contribution >= 0.6 is 0 Å². The topological polar surface area (TPSA) is 54.0 Å². The quantitative estimate of drug-likeness (QED) is 0.240. The summed E-state index contributed by atoms with van der Waals surface area (Å²) in [5.74, 6) is -0.313. The van der Waals surface area contributed by atoms with E-state index < -0.39 is 5.60 Å². The Hall–Kier alpha value is -0.693. The third-order valence-corrected chi connectivity index (χ3v) is 3.45. The fourth-order valence-electron chi connectivity index (χ4n) is 1.44. The van der Waals surface area contributed by atoms with Gasteiger partial charge >= 0.3 is 5.97 Å². The van der Waals surface area contributed by atoms with Crippen molar-refractivity contribution in [1.82, 2.24) is 0 Å². The van der Waals surface area contributed by atoms with Gasteiger partial charge in [-0.2, -0.15) is 0 Å². The van der Waals surface area contributed by atoms with E-state index in [9.17, 15) is 4.79 Å². The molecule has 0 aromatic carbocycles. The van der Waals surface area contributed by atoms with Crippen molar-refractivity contribution in [2.45, 2.75) is 45.8 Å². The number of hydrogen-bond donors (Lipinski definition) is 0. The van der Waals surface area contributed by atoms with Crippen LogP contribution in [0, 0.1) is 0 Å². The summed E-state index contributed by atoms with van der Waals surface area (Å²) in [7, 11) is 0.255. The second-order valence-electron chi connectivity index (χ2n) is 3.81. The minimum Gasteiger partial charge on any atom is -0.463 e. The van der Waals surface area contributed by atoms with Crippen molar-refractivity contribution in [3.8, 4) is 0 Å². The second kappa shape index (κ2) is 12.1. The van der Waals surface area contributed by atoms with Crippen molar-refractivity contribution in [2.75, 3.05) is 26.4 Å². The van der Waals surface area contributed by atoms with Gasteiger partial charge in [-0.1, -0.05) is 13.0 Å². The maximum absolute atomic E-state index is 11.3. The molecule has 0 aliphatic carbocycles. The normalized spacial score (nSPS) is 12.0. The Labute approximate surface area is 124 Å². The summed E-state index contributed by atoms with van der Waals surface area (Å²) in [4.78, 5) is 11.3. The van der Waals surface area contributed by atoms with E-state index in [0.29, 0.717) is 32.5 Å². The third kappa shape index (κ3) is 8.47. The Morgan fingerprint density at radius 2 is 1.60 bits per heavy atom. The molecule has 0 bridgehead atoms. The van der Waals surface area contributed by atoms with E-state index in [2.05, 4.69) is 0 Å². The molecule has 0 aromatic heterocycles. The molecule has 0 aliphatic rings. The van der Waals surface area contributed by atoms with Crippen molar-refractivity contribution in [3.63, 3.8) is 0 Å². The van der Waals surface area contributed by atoms with Gasteiger partial charge in [0.25, 0.3) is 5.60 Å². The van der Waals surface area contributed by atoms with Crippen LogP contribution in [0.5, 0.6) is 0 Å². The van der Waals surface area contributed by atoms with Crippen LogP contribution in [-0.2, 0) is 23.7 Å². The molecule has 0 N–H and O–H groups in total. The van der Waals surface area contributed by atoms with Crippen LogP contribution in [0.25, 0.3) is 0 Å². The minimum atomic E-state index is -0.990. The van der Waals surface area contributed by atoms with Gasteiger partial charge in [0.15, 0.2) is 9.52 Å². The second-order valence-corrected chi connectivity index (χ2v) is 5.18. The predicted octanol–water partition coefficient (Wildman–Crippen LogP) is 2.34. The Bertz CT molecular complexity index is 264. The van der Waals surface area contributed by atoms with Crippen LogP contribution in [0.1, 0.15) is 34.1 Å².